The van der Waals surface area contributed by atoms with Gasteiger partial charge in [-0.2, -0.15) is 13.2 Å². The first-order valence-corrected chi connectivity index (χ1v) is 9.17. The van der Waals surface area contributed by atoms with E-state index in [0.29, 0.717) is 5.75 Å². The first-order chi connectivity index (χ1) is 14.3. The standard InChI is InChI=1S/C18H18F3N7O2/c19-18(20,21)13-4-8-28-16(26-13)14(15(22)27-28)17(29)25-11-9-24-7-3-12(11)30-10-1-5-23-6-2-10/h3-4,7-10,23H,1-2,5-6H2,(H2,22,27)(H,25,29). The van der Waals surface area contributed by atoms with E-state index in [0.717, 1.165) is 42.7 Å². The number of rotatable bonds is 4. The fourth-order valence-electron chi connectivity index (χ4n) is 3.18. The molecular formula is C18H18F3N7O2. The molecule has 4 heterocycles. The number of carbonyl (C=O) groups excluding carboxylic acids is 1. The van der Waals surface area contributed by atoms with Crippen LogP contribution in [0.4, 0.5) is 24.7 Å². The monoisotopic (exact) mass is 421 g/mol. The molecule has 1 aliphatic rings. The number of nitrogens with one attached hydrogen (secondary N) is 2. The van der Waals surface area contributed by atoms with Crippen molar-refractivity contribution in [3.63, 3.8) is 0 Å². The Hall–Kier alpha value is -3.41. The van der Waals surface area contributed by atoms with E-state index in [-0.39, 0.29) is 28.8 Å². The van der Waals surface area contributed by atoms with E-state index in [1.807, 2.05) is 0 Å². The van der Waals surface area contributed by atoms with Crippen LogP contribution >= 0.6 is 0 Å². The number of nitrogens with two attached hydrogens (primary N) is 1. The number of pyridine rings is 1. The van der Waals surface area contributed by atoms with Gasteiger partial charge in [-0.3, -0.25) is 9.78 Å². The summed E-state index contributed by atoms with van der Waals surface area (Å²) in [7, 11) is 0. The average molecular weight is 421 g/mol. The van der Waals surface area contributed by atoms with Crippen molar-refractivity contribution in [1.82, 2.24) is 24.9 Å². The van der Waals surface area contributed by atoms with Crippen LogP contribution in [0.15, 0.2) is 30.7 Å². The maximum Gasteiger partial charge on any atom is 0.433 e. The van der Waals surface area contributed by atoms with E-state index >= 15 is 0 Å². The van der Waals surface area contributed by atoms with Crippen molar-refractivity contribution in [2.75, 3.05) is 24.1 Å². The summed E-state index contributed by atoms with van der Waals surface area (Å²) in [4.78, 5) is 20.4. The number of nitrogens with zero attached hydrogens (tertiary/aromatic N) is 4. The number of ether oxygens (including phenoxy) is 1. The maximum absolute atomic E-state index is 13.0. The number of alkyl halides is 3. The van der Waals surface area contributed by atoms with Crippen molar-refractivity contribution < 1.29 is 22.7 Å². The Balaban J connectivity index is 1.63. The van der Waals surface area contributed by atoms with E-state index in [1.165, 1.54) is 12.4 Å². The van der Waals surface area contributed by atoms with Gasteiger partial charge >= 0.3 is 6.18 Å². The average Bonchev–Trinajstić information content (AvgIpc) is 3.04. The molecule has 0 aromatic carbocycles. The molecule has 0 atom stereocenters. The Morgan fingerprint density at radius 1 is 1.30 bits per heavy atom. The third-order valence-corrected chi connectivity index (χ3v) is 4.64. The summed E-state index contributed by atoms with van der Waals surface area (Å²) < 4.78 is 46.1. The SMILES string of the molecule is Nc1nn2ccc(C(F)(F)F)nc2c1C(=O)Nc1cnccc1OC1CCNCC1. The molecule has 1 saturated heterocycles. The molecular weight excluding hydrogens is 403 g/mol. The Morgan fingerprint density at radius 2 is 2.07 bits per heavy atom. The molecule has 1 amide bonds. The van der Waals surface area contributed by atoms with Crippen LogP contribution < -0.4 is 21.1 Å². The van der Waals surface area contributed by atoms with E-state index in [2.05, 4.69) is 25.7 Å². The predicted molar refractivity (Wildman–Crippen MR) is 101 cm³/mol. The van der Waals surface area contributed by atoms with Gasteiger partial charge in [-0.25, -0.2) is 9.50 Å². The van der Waals surface area contributed by atoms with E-state index in [4.69, 9.17) is 10.5 Å². The second-order valence-electron chi connectivity index (χ2n) is 6.73. The van der Waals surface area contributed by atoms with Crippen LogP contribution in [0.1, 0.15) is 28.9 Å². The highest BCUT2D eigenvalue weighted by Gasteiger charge is 2.34. The minimum absolute atomic E-state index is 0.0256. The summed E-state index contributed by atoms with van der Waals surface area (Å²) in [6.07, 6.45) is 0.878. The van der Waals surface area contributed by atoms with Crippen molar-refractivity contribution in [2.45, 2.75) is 25.1 Å². The lowest BCUT2D eigenvalue weighted by Gasteiger charge is -2.24. The molecule has 4 N–H and O–H groups in total. The van der Waals surface area contributed by atoms with Gasteiger partial charge in [0.05, 0.1) is 6.20 Å². The number of anilines is 2. The predicted octanol–water partition coefficient (Wildman–Crippen LogP) is 2.11. The third kappa shape index (κ3) is 3.99. The largest absolute Gasteiger partial charge is 0.488 e. The van der Waals surface area contributed by atoms with Crippen molar-refractivity contribution in [2.24, 2.45) is 0 Å². The number of amides is 1. The lowest BCUT2D eigenvalue weighted by Crippen LogP contribution is -2.34. The highest BCUT2D eigenvalue weighted by atomic mass is 19.4. The van der Waals surface area contributed by atoms with Gasteiger partial charge in [0.2, 0.25) is 0 Å². The van der Waals surface area contributed by atoms with Crippen molar-refractivity contribution in [3.05, 3.63) is 42.0 Å². The fourth-order valence-corrected chi connectivity index (χ4v) is 3.18. The number of carbonyl (C=O) groups is 1. The van der Waals surface area contributed by atoms with Crippen molar-refractivity contribution in [1.29, 1.82) is 0 Å². The molecule has 0 aliphatic carbocycles. The first kappa shape index (κ1) is 19.9. The third-order valence-electron chi connectivity index (χ3n) is 4.64. The summed E-state index contributed by atoms with van der Waals surface area (Å²) in [6, 6.07) is 2.37. The van der Waals surface area contributed by atoms with Gasteiger partial charge in [0.25, 0.3) is 5.91 Å². The number of hydrogen-bond acceptors (Lipinski definition) is 7. The summed E-state index contributed by atoms with van der Waals surface area (Å²) >= 11 is 0. The molecule has 1 aliphatic heterocycles. The number of fused-ring (bicyclic) bond motifs is 1. The van der Waals surface area contributed by atoms with Gasteiger partial charge in [0.1, 0.15) is 28.8 Å². The zero-order chi connectivity index (χ0) is 21.3. The van der Waals surface area contributed by atoms with Crippen molar-refractivity contribution in [3.8, 4) is 5.75 Å². The molecule has 0 saturated carbocycles. The van der Waals surface area contributed by atoms with E-state index < -0.39 is 17.8 Å². The second kappa shape index (κ2) is 7.78. The highest BCUT2D eigenvalue weighted by Crippen LogP contribution is 2.30. The lowest BCUT2D eigenvalue weighted by atomic mass is 10.1. The Bertz CT molecular complexity index is 1080. The van der Waals surface area contributed by atoms with Gasteiger partial charge in [0, 0.05) is 18.5 Å². The summed E-state index contributed by atoms with van der Waals surface area (Å²) in [5, 5.41) is 9.69. The van der Waals surface area contributed by atoms with Gasteiger partial charge in [0.15, 0.2) is 11.5 Å². The molecule has 9 nitrogen and oxygen atoms in total. The highest BCUT2D eigenvalue weighted by molar-refractivity contribution is 6.12. The van der Waals surface area contributed by atoms with Gasteiger partial charge in [-0.15, -0.1) is 5.10 Å². The normalized spacial score (nSPS) is 15.3. The molecule has 0 bridgehead atoms. The van der Waals surface area contributed by atoms with Crippen LogP contribution in [0, 0.1) is 0 Å². The summed E-state index contributed by atoms with van der Waals surface area (Å²) in [5.41, 5.74) is 4.34. The van der Waals surface area contributed by atoms with Crippen LogP contribution in [0.2, 0.25) is 0 Å². The molecule has 4 rings (SSSR count). The lowest BCUT2D eigenvalue weighted by molar-refractivity contribution is -0.141. The molecule has 0 unspecified atom stereocenters. The topological polar surface area (TPSA) is 119 Å². The molecule has 158 valence electrons. The van der Waals surface area contributed by atoms with Gasteiger partial charge in [-0.05, 0) is 32.0 Å². The van der Waals surface area contributed by atoms with Crippen LogP contribution in [-0.4, -0.2) is 44.7 Å². The maximum atomic E-state index is 13.0. The molecule has 1 fully saturated rings. The molecule has 3 aromatic rings. The number of nitrogen functional groups attached to an aromatic ring is 1. The zero-order valence-electron chi connectivity index (χ0n) is 15.6. The smallest absolute Gasteiger partial charge is 0.433 e. The number of aromatic nitrogens is 4. The molecule has 0 radical (unpaired) electrons. The molecule has 12 heteroatoms. The molecule has 30 heavy (non-hydrogen) atoms. The van der Waals surface area contributed by atoms with E-state index in [9.17, 15) is 18.0 Å². The second-order valence-corrected chi connectivity index (χ2v) is 6.73. The minimum atomic E-state index is -4.67. The van der Waals surface area contributed by atoms with Crippen molar-refractivity contribution >= 4 is 23.1 Å². The molecule has 0 spiro atoms. The minimum Gasteiger partial charge on any atom is -0.488 e. The Labute approximate surface area is 168 Å². The first-order valence-electron chi connectivity index (χ1n) is 9.17. The Morgan fingerprint density at radius 3 is 2.80 bits per heavy atom. The molecule has 3 aromatic heterocycles. The number of hydrogen-bond donors (Lipinski definition) is 3. The van der Waals surface area contributed by atoms with Crippen LogP contribution in [-0.2, 0) is 6.18 Å². The quantitative estimate of drug-likeness (QED) is 0.590. The summed E-state index contributed by atoms with van der Waals surface area (Å²) in [6.45, 7) is 1.65. The fraction of sp³-hybridized carbons (Fsp3) is 0.333. The van der Waals surface area contributed by atoms with Crippen LogP contribution in [0.25, 0.3) is 5.65 Å². The zero-order valence-corrected chi connectivity index (χ0v) is 15.6. The van der Waals surface area contributed by atoms with Gasteiger partial charge in [-0.1, -0.05) is 0 Å². The summed E-state index contributed by atoms with van der Waals surface area (Å²) in [5.74, 6) is -0.606. The number of halogens is 3. The van der Waals surface area contributed by atoms with Crippen LogP contribution in [0.3, 0.4) is 0 Å². The van der Waals surface area contributed by atoms with Crippen LogP contribution in [0.5, 0.6) is 5.75 Å². The van der Waals surface area contributed by atoms with E-state index in [1.54, 1.807) is 6.07 Å². The number of piperidine rings is 1. The van der Waals surface area contributed by atoms with Gasteiger partial charge < -0.3 is 21.1 Å². The Kier molecular flexibility index (Phi) is 5.16.